The van der Waals surface area contributed by atoms with Crippen LogP contribution in [0.2, 0.25) is 5.02 Å². The number of hydrogen-bond donors (Lipinski definition) is 1. The summed E-state index contributed by atoms with van der Waals surface area (Å²) in [7, 11) is 0. The molecule has 3 rings (SSSR count). The fourth-order valence-corrected chi connectivity index (χ4v) is 3.09. The SMILES string of the molecule is Cc1ccccc1C(=O)NC1CCN(Cn2cc(Cl)cn2)CC1. The lowest BCUT2D eigenvalue weighted by Crippen LogP contribution is -2.45. The van der Waals surface area contributed by atoms with Crippen LogP contribution >= 0.6 is 11.6 Å². The molecule has 0 unspecified atom stereocenters. The van der Waals surface area contributed by atoms with Gasteiger partial charge in [0.25, 0.3) is 5.91 Å². The summed E-state index contributed by atoms with van der Waals surface area (Å²) in [6.07, 6.45) is 5.38. The number of carbonyl (C=O) groups is 1. The molecule has 1 aromatic heterocycles. The van der Waals surface area contributed by atoms with Gasteiger partial charge >= 0.3 is 0 Å². The Labute approximate surface area is 141 Å². The normalized spacial score (nSPS) is 16.4. The Morgan fingerprint density at radius 3 is 2.74 bits per heavy atom. The lowest BCUT2D eigenvalue weighted by molar-refractivity contribution is 0.0896. The molecule has 1 amide bonds. The van der Waals surface area contributed by atoms with Gasteiger partial charge in [-0.3, -0.25) is 14.4 Å². The van der Waals surface area contributed by atoms with E-state index in [0.29, 0.717) is 5.02 Å². The second kappa shape index (κ2) is 7.15. The molecule has 0 atom stereocenters. The third-order valence-electron chi connectivity index (χ3n) is 4.26. The molecule has 0 saturated carbocycles. The van der Waals surface area contributed by atoms with E-state index in [0.717, 1.165) is 43.7 Å². The highest BCUT2D eigenvalue weighted by atomic mass is 35.5. The Balaban J connectivity index is 1.49. The van der Waals surface area contributed by atoms with E-state index in [1.807, 2.05) is 42.1 Å². The van der Waals surface area contributed by atoms with Gasteiger partial charge in [0.2, 0.25) is 0 Å². The van der Waals surface area contributed by atoms with Crippen molar-refractivity contribution in [2.45, 2.75) is 32.5 Å². The monoisotopic (exact) mass is 332 g/mol. The van der Waals surface area contributed by atoms with Crippen molar-refractivity contribution in [1.82, 2.24) is 20.0 Å². The molecule has 0 spiro atoms. The van der Waals surface area contributed by atoms with Crippen molar-refractivity contribution in [3.8, 4) is 0 Å². The van der Waals surface area contributed by atoms with Gasteiger partial charge in [-0.1, -0.05) is 29.8 Å². The minimum Gasteiger partial charge on any atom is -0.349 e. The van der Waals surface area contributed by atoms with Crippen LogP contribution in [0.3, 0.4) is 0 Å². The smallest absolute Gasteiger partial charge is 0.251 e. The topological polar surface area (TPSA) is 50.2 Å². The van der Waals surface area contributed by atoms with Crippen LogP contribution in [-0.4, -0.2) is 39.7 Å². The number of aryl methyl sites for hydroxylation is 1. The molecule has 1 aliphatic heterocycles. The summed E-state index contributed by atoms with van der Waals surface area (Å²) in [5.41, 5.74) is 1.78. The standard InChI is InChI=1S/C17H21ClN4O/c1-13-4-2-3-5-16(13)17(23)20-15-6-8-21(9-7-15)12-22-11-14(18)10-19-22/h2-5,10-11,15H,6-9,12H2,1H3,(H,20,23). The molecule has 1 saturated heterocycles. The fourth-order valence-electron chi connectivity index (χ4n) is 2.93. The van der Waals surface area contributed by atoms with Crippen molar-refractivity contribution in [3.63, 3.8) is 0 Å². The minimum absolute atomic E-state index is 0.0282. The van der Waals surface area contributed by atoms with Crippen LogP contribution < -0.4 is 5.32 Å². The van der Waals surface area contributed by atoms with Crippen molar-refractivity contribution in [2.24, 2.45) is 0 Å². The van der Waals surface area contributed by atoms with Gasteiger partial charge in [-0.05, 0) is 31.4 Å². The van der Waals surface area contributed by atoms with Gasteiger partial charge in [-0.15, -0.1) is 0 Å². The van der Waals surface area contributed by atoms with Crippen LogP contribution in [0, 0.1) is 6.92 Å². The zero-order valence-corrected chi connectivity index (χ0v) is 14.0. The van der Waals surface area contributed by atoms with Crippen LogP contribution in [0.15, 0.2) is 36.7 Å². The van der Waals surface area contributed by atoms with E-state index >= 15 is 0 Å². The van der Waals surface area contributed by atoms with Gasteiger partial charge in [0.05, 0.1) is 17.9 Å². The predicted octanol–water partition coefficient (Wildman–Crippen LogP) is 2.70. The number of likely N-dealkylation sites (tertiary alicyclic amines) is 1. The summed E-state index contributed by atoms with van der Waals surface area (Å²) in [4.78, 5) is 14.7. The number of benzene rings is 1. The van der Waals surface area contributed by atoms with E-state index in [-0.39, 0.29) is 11.9 Å². The van der Waals surface area contributed by atoms with Crippen LogP contribution in [0.1, 0.15) is 28.8 Å². The number of hydrogen-bond acceptors (Lipinski definition) is 3. The van der Waals surface area contributed by atoms with Crippen molar-refractivity contribution < 1.29 is 4.79 Å². The Morgan fingerprint density at radius 2 is 2.09 bits per heavy atom. The lowest BCUT2D eigenvalue weighted by Gasteiger charge is -2.32. The van der Waals surface area contributed by atoms with E-state index in [9.17, 15) is 4.79 Å². The third kappa shape index (κ3) is 4.12. The molecule has 2 heterocycles. The first-order valence-electron chi connectivity index (χ1n) is 7.88. The van der Waals surface area contributed by atoms with Crippen LogP contribution in [0.25, 0.3) is 0 Å². The zero-order chi connectivity index (χ0) is 16.2. The molecule has 1 N–H and O–H groups in total. The van der Waals surface area contributed by atoms with Crippen LogP contribution in [-0.2, 0) is 6.67 Å². The molecule has 1 aliphatic rings. The Kier molecular flexibility index (Phi) is 4.98. The van der Waals surface area contributed by atoms with E-state index in [4.69, 9.17) is 11.6 Å². The van der Waals surface area contributed by atoms with Gasteiger partial charge in [-0.25, -0.2) is 0 Å². The average Bonchev–Trinajstić information content (AvgIpc) is 2.95. The van der Waals surface area contributed by atoms with Crippen molar-refractivity contribution in [1.29, 1.82) is 0 Å². The number of nitrogens with zero attached hydrogens (tertiary/aromatic N) is 3. The van der Waals surface area contributed by atoms with Gasteiger partial charge in [0.1, 0.15) is 0 Å². The van der Waals surface area contributed by atoms with E-state index in [1.54, 1.807) is 6.20 Å². The second-order valence-corrected chi connectivity index (χ2v) is 6.46. The number of piperidine rings is 1. The first-order valence-corrected chi connectivity index (χ1v) is 8.26. The quantitative estimate of drug-likeness (QED) is 0.936. The highest BCUT2D eigenvalue weighted by Gasteiger charge is 2.21. The molecular formula is C17H21ClN4O. The number of rotatable bonds is 4. The number of carbonyl (C=O) groups excluding carboxylic acids is 1. The van der Waals surface area contributed by atoms with Crippen molar-refractivity contribution in [3.05, 3.63) is 52.8 Å². The number of nitrogens with one attached hydrogen (secondary N) is 1. The highest BCUT2D eigenvalue weighted by Crippen LogP contribution is 2.14. The van der Waals surface area contributed by atoms with Crippen molar-refractivity contribution in [2.75, 3.05) is 13.1 Å². The Bertz CT molecular complexity index is 677. The molecule has 0 aliphatic carbocycles. The summed E-state index contributed by atoms with van der Waals surface area (Å²) >= 11 is 5.88. The number of aromatic nitrogens is 2. The van der Waals surface area contributed by atoms with Crippen LogP contribution in [0.5, 0.6) is 0 Å². The van der Waals surface area contributed by atoms with Gasteiger partial charge in [0, 0.05) is 30.9 Å². The summed E-state index contributed by atoms with van der Waals surface area (Å²) in [6.45, 7) is 4.59. The molecule has 1 fully saturated rings. The lowest BCUT2D eigenvalue weighted by atomic mass is 10.0. The molecule has 0 radical (unpaired) electrons. The maximum Gasteiger partial charge on any atom is 0.251 e. The first kappa shape index (κ1) is 16.0. The van der Waals surface area contributed by atoms with Gasteiger partial charge in [-0.2, -0.15) is 5.10 Å². The first-order chi connectivity index (χ1) is 11.1. The molecule has 6 heteroatoms. The average molecular weight is 333 g/mol. The number of amides is 1. The Morgan fingerprint density at radius 1 is 1.35 bits per heavy atom. The van der Waals surface area contributed by atoms with E-state index < -0.39 is 0 Å². The molecule has 23 heavy (non-hydrogen) atoms. The predicted molar refractivity (Wildman–Crippen MR) is 90.5 cm³/mol. The maximum absolute atomic E-state index is 12.4. The summed E-state index contributed by atoms with van der Waals surface area (Å²) in [5, 5.41) is 8.01. The summed E-state index contributed by atoms with van der Waals surface area (Å²) in [5.74, 6) is 0.0282. The van der Waals surface area contributed by atoms with Crippen molar-refractivity contribution >= 4 is 17.5 Å². The third-order valence-corrected chi connectivity index (χ3v) is 4.45. The van der Waals surface area contributed by atoms with Crippen LogP contribution in [0.4, 0.5) is 0 Å². The number of halogens is 1. The molecule has 122 valence electrons. The largest absolute Gasteiger partial charge is 0.349 e. The second-order valence-electron chi connectivity index (χ2n) is 6.02. The molecule has 2 aromatic rings. The molecular weight excluding hydrogens is 312 g/mol. The Hall–Kier alpha value is -1.85. The molecule has 5 nitrogen and oxygen atoms in total. The highest BCUT2D eigenvalue weighted by molar-refractivity contribution is 6.30. The minimum atomic E-state index is 0.0282. The molecule has 0 bridgehead atoms. The fraction of sp³-hybridized carbons (Fsp3) is 0.412. The van der Waals surface area contributed by atoms with Gasteiger partial charge < -0.3 is 5.32 Å². The van der Waals surface area contributed by atoms with Gasteiger partial charge in [0.15, 0.2) is 0 Å². The summed E-state index contributed by atoms with van der Waals surface area (Å²) < 4.78 is 1.84. The maximum atomic E-state index is 12.4. The summed E-state index contributed by atoms with van der Waals surface area (Å²) in [6, 6.07) is 7.93. The van der Waals surface area contributed by atoms with E-state index in [1.165, 1.54) is 0 Å². The zero-order valence-electron chi connectivity index (χ0n) is 13.2. The van der Waals surface area contributed by atoms with E-state index in [2.05, 4.69) is 15.3 Å². The molecule has 1 aromatic carbocycles.